The second-order valence-electron chi connectivity index (χ2n) is 8.74. The Bertz CT molecular complexity index is 968. The van der Waals surface area contributed by atoms with Gasteiger partial charge in [-0.15, -0.1) is 0 Å². The van der Waals surface area contributed by atoms with E-state index in [0.29, 0.717) is 31.1 Å². The number of amides is 4. The van der Waals surface area contributed by atoms with Crippen LogP contribution in [0.15, 0.2) is 42.5 Å². The molecule has 2 aliphatic rings. The van der Waals surface area contributed by atoms with E-state index in [9.17, 15) is 9.59 Å². The number of carbonyl (C=O) groups is 2. The molecule has 0 radical (unpaired) electrons. The lowest BCUT2D eigenvalue weighted by molar-refractivity contribution is 0.139. The maximum absolute atomic E-state index is 13.0. The summed E-state index contributed by atoms with van der Waals surface area (Å²) in [6.07, 6.45) is 1.59. The van der Waals surface area contributed by atoms with Crippen LogP contribution in [0.1, 0.15) is 29.5 Å². The first-order chi connectivity index (χ1) is 15.4. The van der Waals surface area contributed by atoms with Crippen LogP contribution in [0.3, 0.4) is 0 Å². The van der Waals surface area contributed by atoms with E-state index in [2.05, 4.69) is 36.5 Å². The third-order valence-electron chi connectivity index (χ3n) is 6.41. The van der Waals surface area contributed by atoms with Crippen molar-refractivity contribution in [3.8, 4) is 5.75 Å². The van der Waals surface area contributed by atoms with E-state index in [1.54, 1.807) is 7.11 Å². The lowest BCUT2D eigenvalue weighted by atomic mass is 10.0. The first-order valence-corrected chi connectivity index (χ1v) is 11.3. The zero-order valence-corrected chi connectivity index (χ0v) is 19.1. The van der Waals surface area contributed by atoms with E-state index in [1.807, 2.05) is 39.8 Å². The second kappa shape index (κ2) is 9.51. The normalized spacial score (nSPS) is 17.1. The summed E-state index contributed by atoms with van der Waals surface area (Å²) < 4.78 is 5.36. The molecule has 4 rings (SSSR count). The van der Waals surface area contributed by atoms with Crippen molar-refractivity contribution < 1.29 is 14.3 Å². The van der Waals surface area contributed by atoms with Gasteiger partial charge in [0.25, 0.3) is 0 Å². The molecule has 2 aliphatic heterocycles. The third-order valence-corrected chi connectivity index (χ3v) is 6.41. The molecule has 2 aromatic rings. The van der Waals surface area contributed by atoms with Crippen LogP contribution in [0, 0.1) is 13.8 Å². The summed E-state index contributed by atoms with van der Waals surface area (Å²) in [5.41, 5.74) is 4.12. The predicted octanol–water partition coefficient (Wildman–Crippen LogP) is 4.25. The molecule has 0 unspecified atom stereocenters. The number of ether oxygens (including phenoxy) is 1. The van der Waals surface area contributed by atoms with Crippen LogP contribution in [0.5, 0.6) is 5.75 Å². The molecule has 0 saturated carbocycles. The van der Waals surface area contributed by atoms with Crippen LogP contribution in [-0.4, -0.2) is 66.1 Å². The Morgan fingerprint density at radius 3 is 2.38 bits per heavy atom. The molecule has 0 atom stereocenters. The van der Waals surface area contributed by atoms with Gasteiger partial charge < -0.3 is 24.8 Å². The number of methoxy groups -OCH3 is 1. The number of piperidine rings is 1. The van der Waals surface area contributed by atoms with E-state index in [4.69, 9.17) is 4.74 Å². The molecule has 7 nitrogen and oxygen atoms in total. The van der Waals surface area contributed by atoms with Crippen molar-refractivity contribution >= 4 is 17.7 Å². The highest BCUT2D eigenvalue weighted by molar-refractivity contribution is 5.91. The molecule has 7 heteroatoms. The number of likely N-dealkylation sites (tertiary alicyclic amines) is 1. The Labute approximate surface area is 189 Å². The number of hydrogen-bond donors (Lipinski definition) is 1. The fourth-order valence-corrected chi connectivity index (χ4v) is 4.50. The lowest BCUT2D eigenvalue weighted by Gasteiger charge is -2.36. The summed E-state index contributed by atoms with van der Waals surface area (Å²) in [6.45, 7) is 7.46. The van der Waals surface area contributed by atoms with E-state index in [-0.39, 0.29) is 18.1 Å². The number of nitrogens with zero attached hydrogens (tertiary/aromatic N) is 3. The number of aryl methyl sites for hydroxylation is 2. The highest BCUT2D eigenvalue weighted by atomic mass is 16.5. The molecule has 32 heavy (non-hydrogen) atoms. The fourth-order valence-electron chi connectivity index (χ4n) is 4.50. The van der Waals surface area contributed by atoms with Crippen molar-refractivity contribution in [2.75, 3.05) is 38.6 Å². The van der Waals surface area contributed by atoms with Gasteiger partial charge in [0.2, 0.25) is 0 Å². The standard InChI is InChI=1S/C25H32N4O3/c1-18-4-7-20(8-5-18)17-28-14-15-29(25(28)31)21-10-12-27(13-11-21)24(30)26-22-16-19(2)6-9-23(22)32-3/h4-9,16,21H,10-15,17H2,1-3H3,(H,26,30). The molecule has 0 bridgehead atoms. The number of hydrogen-bond acceptors (Lipinski definition) is 3. The average molecular weight is 437 g/mol. The topological polar surface area (TPSA) is 65.1 Å². The first kappa shape index (κ1) is 22.0. The average Bonchev–Trinajstić information content (AvgIpc) is 3.15. The third kappa shape index (κ3) is 4.82. The van der Waals surface area contributed by atoms with Crippen molar-refractivity contribution in [3.63, 3.8) is 0 Å². The molecule has 2 aromatic carbocycles. The van der Waals surface area contributed by atoms with Crippen molar-refractivity contribution in [1.29, 1.82) is 0 Å². The lowest BCUT2D eigenvalue weighted by Crippen LogP contribution is -2.49. The number of rotatable bonds is 5. The van der Waals surface area contributed by atoms with Crippen molar-refractivity contribution in [3.05, 3.63) is 59.2 Å². The van der Waals surface area contributed by atoms with Crippen molar-refractivity contribution in [1.82, 2.24) is 14.7 Å². The SMILES string of the molecule is COc1ccc(C)cc1NC(=O)N1CCC(N2CCN(Cc3ccc(C)cc3)C2=O)CC1. The van der Waals surface area contributed by atoms with Gasteiger partial charge in [-0.2, -0.15) is 0 Å². The van der Waals surface area contributed by atoms with Gasteiger partial charge in [0.15, 0.2) is 0 Å². The van der Waals surface area contributed by atoms with Gasteiger partial charge in [0.05, 0.1) is 12.8 Å². The summed E-state index contributed by atoms with van der Waals surface area (Å²) in [4.78, 5) is 31.5. The van der Waals surface area contributed by atoms with Crippen LogP contribution in [0.4, 0.5) is 15.3 Å². The first-order valence-electron chi connectivity index (χ1n) is 11.3. The fraction of sp³-hybridized carbons (Fsp3) is 0.440. The molecule has 0 aliphatic carbocycles. The molecule has 2 fully saturated rings. The monoisotopic (exact) mass is 436 g/mol. The summed E-state index contributed by atoms with van der Waals surface area (Å²) >= 11 is 0. The van der Waals surface area contributed by atoms with Gasteiger partial charge in [-0.3, -0.25) is 0 Å². The zero-order chi connectivity index (χ0) is 22.7. The molecule has 4 amide bonds. The van der Waals surface area contributed by atoms with Gasteiger partial charge in [-0.1, -0.05) is 35.9 Å². The minimum atomic E-state index is -0.124. The van der Waals surface area contributed by atoms with Crippen LogP contribution in [-0.2, 0) is 6.54 Å². The quantitative estimate of drug-likeness (QED) is 0.762. The molecule has 2 heterocycles. The largest absolute Gasteiger partial charge is 0.495 e. The molecule has 170 valence electrons. The smallest absolute Gasteiger partial charge is 0.321 e. The van der Waals surface area contributed by atoms with E-state index < -0.39 is 0 Å². The zero-order valence-electron chi connectivity index (χ0n) is 19.1. The highest BCUT2D eigenvalue weighted by Crippen LogP contribution is 2.27. The van der Waals surface area contributed by atoms with Crippen molar-refractivity contribution in [2.45, 2.75) is 39.3 Å². The molecular formula is C25H32N4O3. The number of anilines is 1. The van der Waals surface area contributed by atoms with E-state index >= 15 is 0 Å². The maximum Gasteiger partial charge on any atom is 0.321 e. The Hall–Kier alpha value is -3.22. The summed E-state index contributed by atoms with van der Waals surface area (Å²) in [7, 11) is 1.60. The van der Waals surface area contributed by atoms with Gasteiger partial charge in [-0.25, -0.2) is 9.59 Å². The maximum atomic E-state index is 13.0. The second-order valence-corrected chi connectivity index (χ2v) is 8.74. The molecule has 2 saturated heterocycles. The summed E-state index contributed by atoms with van der Waals surface area (Å²) in [5, 5.41) is 2.98. The van der Waals surface area contributed by atoms with Gasteiger partial charge in [0.1, 0.15) is 5.75 Å². The molecule has 0 spiro atoms. The molecular weight excluding hydrogens is 404 g/mol. The Morgan fingerprint density at radius 1 is 1.00 bits per heavy atom. The number of urea groups is 2. The number of benzene rings is 2. The molecule has 0 aromatic heterocycles. The Balaban J connectivity index is 1.30. The van der Waals surface area contributed by atoms with E-state index in [1.165, 1.54) is 5.56 Å². The van der Waals surface area contributed by atoms with Crippen molar-refractivity contribution in [2.24, 2.45) is 0 Å². The van der Waals surface area contributed by atoms with Gasteiger partial charge in [-0.05, 0) is 49.9 Å². The Kier molecular flexibility index (Phi) is 6.53. The summed E-state index contributed by atoms with van der Waals surface area (Å²) in [6, 6.07) is 14.2. The van der Waals surface area contributed by atoms with Crippen LogP contribution >= 0.6 is 0 Å². The predicted molar refractivity (Wildman–Crippen MR) is 125 cm³/mol. The minimum absolute atomic E-state index is 0.109. The van der Waals surface area contributed by atoms with Crippen LogP contribution in [0.2, 0.25) is 0 Å². The minimum Gasteiger partial charge on any atom is -0.495 e. The van der Waals surface area contributed by atoms with Crippen LogP contribution in [0.25, 0.3) is 0 Å². The number of carbonyl (C=O) groups excluding carboxylic acids is 2. The Morgan fingerprint density at radius 2 is 1.69 bits per heavy atom. The van der Waals surface area contributed by atoms with Gasteiger partial charge in [0, 0.05) is 38.8 Å². The van der Waals surface area contributed by atoms with Gasteiger partial charge >= 0.3 is 12.1 Å². The number of nitrogens with one attached hydrogen (secondary N) is 1. The highest BCUT2D eigenvalue weighted by Gasteiger charge is 2.36. The molecule has 1 N–H and O–H groups in total. The summed E-state index contributed by atoms with van der Waals surface area (Å²) in [5.74, 6) is 0.648. The van der Waals surface area contributed by atoms with Crippen LogP contribution < -0.4 is 10.1 Å². The van der Waals surface area contributed by atoms with E-state index in [0.717, 1.165) is 37.1 Å².